The molecule has 2 rings (SSSR count). The standard InChI is InChI=1S/C17H25N3O/c1-15-6-4-12-20(14-15)13-5-11-19-17(21)9-8-16-7-2-3-10-18-16/h2-3,7-10,15H,4-6,11-14H2,1H3,(H,19,21). The highest BCUT2D eigenvalue weighted by Crippen LogP contribution is 2.15. The number of carbonyl (C=O) groups excluding carboxylic acids is 1. The largest absolute Gasteiger partial charge is 0.353 e. The van der Waals surface area contributed by atoms with Gasteiger partial charge in [0, 0.05) is 25.4 Å². The van der Waals surface area contributed by atoms with E-state index in [1.807, 2.05) is 18.2 Å². The molecule has 1 aromatic heterocycles. The highest BCUT2D eigenvalue weighted by atomic mass is 16.1. The van der Waals surface area contributed by atoms with E-state index in [1.54, 1.807) is 18.3 Å². The third kappa shape index (κ3) is 6.08. The van der Waals surface area contributed by atoms with Gasteiger partial charge >= 0.3 is 0 Å². The van der Waals surface area contributed by atoms with Crippen LogP contribution in [0.1, 0.15) is 31.9 Å². The number of rotatable bonds is 6. The van der Waals surface area contributed by atoms with Crippen LogP contribution < -0.4 is 5.32 Å². The molecule has 1 amide bonds. The van der Waals surface area contributed by atoms with E-state index in [2.05, 4.69) is 22.1 Å². The van der Waals surface area contributed by atoms with Gasteiger partial charge in [0.25, 0.3) is 0 Å². The minimum atomic E-state index is -0.0485. The van der Waals surface area contributed by atoms with Crippen molar-refractivity contribution in [3.8, 4) is 0 Å². The number of nitrogens with one attached hydrogen (secondary N) is 1. The van der Waals surface area contributed by atoms with Crippen molar-refractivity contribution in [2.75, 3.05) is 26.2 Å². The number of nitrogens with zero attached hydrogens (tertiary/aromatic N) is 2. The zero-order valence-corrected chi connectivity index (χ0v) is 12.8. The Bertz CT molecular complexity index is 458. The molecule has 1 fully saturated rings. The number of aromatic nitrogens is 1. The van der Waals surface area contributed by atoms with Gasteiger partial charge in [0.05, 0.1) is 5.69 Å². The molecule has 0 aromatic carbocycles. The van der Waals surface area contributed by atoms with E-state index >= 15 is 0 Å². The van der Waals surface area contributed by atoms with E-state index in [-0.39, 0.29) is 5.91 Å². The Morgan fingerprint density at radius 3 is 3.19 bits per heavy atom. The predicted octanol–water partition coefficient (Wildman–Crippen LogP) is 2.33. The van der Waals surface area contributed by atoms with Crippen molar-refractivity contribution in [2.45, 2.75) is 26.2 Å². The van der Waals surface area contributed by atoms with Gasteiger partial charge in [0.15, 0.2) is 0 Å². The fourth-order valence-corrected chi connectivity index (χ4v) is 2.70. The van der Waals surface area contributed by atoms with Crippen molar-refractivity contribution in [2.24, 2.45) is 5.92 Å². The van der Waals surface area contributed by atoms with Crippen molar-refractivity contribution in [1.29, 1.82) is 0 Å². The summed E-state index contributed by atoms with van der Waals surface area (Å²) < 4.78 is 0. The van der Waals surface area contributed by atoms with Crippen molar-refractivity contribution >= 4 is 12.0 Å². The minimum Gasteiger partial charge on any atom is -0.353 e. The third-order valence-electron chi connectivity index (χ3n) is 3.78. The van der Waals surface area contributed by atoms with E-state index in [0.29, 0.717) is 0 Å². The molecule has 0 spiro atoms. The van der Waals surface area contributed by atoms with Gasteiger partial charge in [-0.1, -0.05) is 13.0 Å². The number of hydrogen-bond donors (Lipinski definition) is 1. The second-order valence-corrected chi connectivity index (χ2v) is 5.78. The average Bonchev–Trinajstić information content (AvgIpc) is 2.51. The van der Waals surface area contributed by atoms with Crippen LogP contribution in [0, 0.1) is 5.92 Å². The Kier molecular flexibility index (Phi) is 6.41. The summed E-state index contributed by atoms with van der Waals surface area (Å²) in [6, 6.07) is 5.64. The van der Waals surface area contributed by atoms with E-state index in [4.69, 9.17) is 0 Å². The van der Waals surface area contributed by atoms with Crippen LogP contribution in [0.2, 0.25) is 0 Å². The SMILES string of the molecule is CC1CCCN(CCCNC(=O)C=Cc2ccccn2)C1. The molecule has 1 unspecified atom stereocenters. The highest BCUT2D eigenvalue weighted by molar-refractivity contribution is 5.91. The van der Waals surface area contributed by atoms with Gasteiger partial charge < -0.3 is 10.2 Å². The average molecular weight is 287 g/mol. The summed E-state index contributed by atoms with van der Waals surface area (Å²) in [5.74, 6) is 0.766. The lowest BCUT2D eigenvalue weighted by Crippen LogP contribution is -2.36. The van der Waals surface area contributed by atoms with Crippen LogP contribution in [0.15, 0.2) is 30.5 Å². The number of pyridine rings is 1. The third-order valence-corrected chi connectivity index (χ3v) is 3.78. The van der Waals surface area contributed by atoms with Gasteiger partial charge in [0.2, 0.25) is 5.91 Å². The Morgan fingerprint density at radius 1 is 1.52 bits per heavy atom. The first-order valence-corrected chi connectivity index (χ1v) is 7.83. The molecule has 4 nitrogen and oxygen atoms in total. The molecule has 1 N–H and O–H groups in total. The van der Waals surface area contributed by atoms with Gasteiger partial charge in [-0.15, -0.1) is 0 Å². The second-order valence-electron chi connectivity index (χ2n) is 5.78. The number of hydrogen-bond acceptors (Lipinski definition) is 3. The molecule has 1 atom stereocenters. The Morgan fingerprint density at radius 2 is 2.43 bits per heavy atom. The van der Waals surface area contributed by atoms with Gasteiger partial charge in [0.1, 0.15) is 0 Å². The smallest absolute Gasteiger partial charge is 0.244 e. The fraction of sp³-hybridized carbons (Fsp3) is 0.529. The van der Waals surface area contributed by atoms with Gasteiger partial charge in [-0.25, -0.2) is 0 Å². The number of likely N-dealkylation sites (tertiary alicyclic amines) is 1. The van der Waals surface area contributed by atoms with E-state index in [1.165, 1.54) is 25.9 Å². The number of amides is 1. The summed E-state index contributed by atoms with van der Waals surface area (Å²) in [5, 5.41) is 2.92. The van der Waals surface area contributed by atoms with E-state index < -0.39 is 0 Å². The molecule has 0 saturated carbocycles. The Labute approximate surface area is 127 Å². The zero-order valence-electron chi connectivity index (χ0n) is 12.8. The summed E-state index contributed by atoms with van der Waals surface area (Å²) in [6.07, 6.45) is 8.67. The lowest BCUT2D eigenvalue weighted by atomic mass is 10.0. The summed E-state index contributed by atoms with van der Waals surface area (Å²) in [5.41, 5.74) is 0.801. The van der Waals surface area contributed by atoms with Crippen LogP contribution in [-0.2, 0) is 4.79 Å². The van der Waals surface area contributed by atoms with Crippen molar-refractivity contribution in [3.05, 3.63) is 36.2 Å². The van der Waals surface area contributed by atoms with E-state index in [9.17, 15) is 4.79 Å². The molecule has 1 saturated heterocycles. The molecule has 4 heteroatoms. The van der Waals surface area contributed by atoms with Crippen molar-refractivity contribution in [1.82, 2.24) is 15.2 Å². The molecule has 114 valence electrons. The van der Waals surface area contributed by atoms with Crippen molar-refractivity contribution < 1.29 is 4.79 Å². The normalized spacial score (nSPS) is 19.8. The maximum Gasteiger partial charge on any atom is 0.244 e. The summed E-state index contributed by atoms with van der Waals surface area (Å²) in [4.78, 5) is 18.3. The van der Waals surface area contributed by atoms with Gasteiger partial charge in [-0.05, 0) is 56.5 Å². The molecule has 0 aliphatic carbocycles. The monoisotopic (exact) mass is 287 g/mol. The van der Waals surface area contributed by atoms with Crippen LogP contribution in [0.3, 0.4) is 0 Å². The maximum atomic E-state index is 11.7. The van der Waals surface area contributed by atoms with Crippen LogP contribution in [0.4, 0.5) is 0 Å². The molecular weight excluding hydrogens is 262 g/mol. The highest BCUT2D eigenvalue weighted by Gasteiger charge is 2.15. The quantitative estimate of drug-likeness (QED) is 0.645. The second kappa shape index (κ2) is 8.57. The number of piperidine rings is 1. The molecule has 1 aromatic rings. The summed E-state index contributed by atoms with van der Waals surface area (Å²) in [6.45, 7) is 6.53. The molecule has 21 heavy (non-hydrogen) atoms. The first-order valence-electron chi connectivity index (χ1n) is 7.83. The lowest BCUT2D eigenvalue weighted by molar-refractivity contribution is -0.116. The summed E-state index contributed by atoms with van der Waals surface area (Å²) >= 11 is 0. The molecule has 0 bridgehead atoms. The zero-order chi connectivity index (χ0) is 14.9. The van der Waals surface area contributed by atoms with Gasteiger partial charge in [-0.2, -0.15) is 0 Å². The van der Waals surface area contributed by atoms with Crippen LogP contribution in [0.25, 0.3) is 6.08 Å². The van der Waals surface area contributed by atoms with Crippen LogP contribution >= 0.6 is 0 Å². The minimum absolute atomic E-state index is 0.0485. The molecule has 1 aliphatic heterocycles. The maximum absolute atomic E-state index is 11.7. The van der Waals surface area contributed by atoms with Crippen LogP contribution in [0.5, 0.6) is 0 Å². The fourth-order valence-electron chi connectivity index (χ4n) is 2.70. The first kappa shape index (κ1) is 15.7. The van der Waals surface area contributed by atoms with Crippen molar-refractivity contribution in [3.63, 3.8) is 0 Å². The predicted molar refractivity (Wildman–Crippen MR) is 85.7 cm³/mol. The molecular formula is C17H25N3O. The topological polar surface area (TPSA) is 45.2 Å². The Balaban J connectivity index is 1.60. The summed E-state index contributed by atoms with van der Waals surface area (Å²) in [7, 11) is 0. The molecule has 2 heterocycles. The number of carbonyl (C=O) groups is 1. The van der Waals surface area contributed by atoms with Gasteiger partial charge in [-0.3, -0.25) is 9.78 Å². The lowest BCUT2D eigenvalue weighted by Gasteiger charge is -2.30. The molecule has 1 aliphatic rings. The Hall–Kier alpha value is -1.68. The molecule has 0 radical (unpaired) electrons. The first-order chi connectivity index (χ1) is 10.2. The van der Waals surface area contributed by atoms with E-state index in [0.717, 1.165) is 31.1 Å². The van der Waals surface area contributed by atoms with Crippen LogP contribution in [-0.4, -0.2) is 42.0 Å².